The first kappa shape index (κ1) is 13.8. The zero-order chi connectivity index (χ0) is 11.2. The van der Waals surface area contributed by atoms with Gasteiger partial charge < -0.3 is 9.84 Å². The second-order valence-electron chi connectivity index (χ2n) is 3.53. The van der Waals surface area contributed by atoms with Crippen LogP contribution in [0.3, 0.4) is 0 Å². The second kappa shape index (κ2) is 5.62. The lowest BCUT2D eigenvalue weighted by atomic mass is 10.1. The van der Waals surface area contributed by atoms with Crippen LogP contribution in [0.1, 0.15) is 13.8 Å². The minimum absolute atomic E-state index is 0.202. The molecule has 0 spiro atoms. The fourth-order valence-electron chi connectivity index (χ4n) is 0.710. The Morgan fingerprint density at radius 1 is 1.43 bits per heavy atom. The summed E-state index contributed by atoms with van der Waals surface area (Å²) in [5, 5.41) is 8.85. The Balaban J connectivity index is 4.08. The molecule has 0 bridgehead atoms. The van der Waals surface area contributed by atoms with Crippen LogP contribution in [0.2, 0.25) is 0 Å². The van der Waals surface area contributed by atoms with Gasteiger partial charge in [-0.25, -0.2) is 0 Å². The maximum atomic E-state index is 11.3. The Hall–Kier alpha value is -0.210. The molecule has 0 atom stereocenters. The molecule has 0 saturated carbocycles. The van der Waals surface area contributed by atoms with E-state index in [-0.39, 0.29) is 13.2 Å². The van der Waals surface area contributed by atoms with Gasteiger partial charge in [0.05, 0.1) is 18.8 Å². The average Bonchev–Trinajstić information content (AvgIpc) is 2.03. The molecule has 14 heavy (non-hydrogen) atoms. The molecule has 86 valence electrons. The third-order valence-corrected chi connectivity index (χ3v) is 2.81. The van der Waals surface area contributed by atoms with Gasteiger partial charge in [0.15, 0.2) is 0 Å². The van der Waals surface area contributed by atoms with Crippen molar-refractivity contribution in [1.29, 1.82) is 0 Å². The summed E-state index contributed by atoms with van der Waals surface area (Å²) in [5.74, 6) is 0. The summed E-state index contributed by atoms with van der Waals surface area (Å²) in [6.07, 6.45) is 0. The van der Waals surface area contributed by atoms with Gasteiger partial charge in [-0.15, -0.1) is 0 Å². The van der Waals surface area contributed by atoms with Crippen LogP contribution in [0.4, 0.5) is 0 Å². The Morgan fingerprint density at radius 2 is 2.00 bits per heavy atom. The van der Waals surface area contributed by atoms with Gasteiger partial charge in [0.1, 0.15) is 0 Å². The molecule has 0 aromatic heterocycles. The Bertz CT molecular complexity index is 250. The standard InChI is InChI=1S/C7H18N2O4S/c1-7(2,6-10)9-14(11,12)8-4-5-13-3/h8-10H,4-6H2,1-3H3. The molecule has 0 aliphatic heterocycles. The number of hydrogen-bond acceptors (Lipinski definition) is 4. The third-order valence-electron chi connectivity index (χ3n) is 1.40. The molecular weight excluding hydrogens is 208 g/mol. The lowest BCUT2D eigenvalue weighted by Crippen LogP contribution is -2.51. The van der Waals surface area contributed by atoms with Crippen molar-refractivity contribution in [1.82, 2.24) is 9.44 Å². The quantitative estimate of drug-likeness (QED) is 0.477. The van der Waals surface area contributed by atoms with Gasteiger partial charge in [-0.05, 0) is 13.8 Å². The minimum Gasteiger partial charge on any atom is -0.394 e. The highest BCUT2D eigenvalue weighted by Gasteiger charge is 2.23. The largest absolute Gasteiger partial charge is 0.394 e. The first-order valence-corrected chi connectivity index (χ1v) is 5.70. The van der Waals surface area contributed by atoms with Gasteiger partial charge in [-0.1, -0.05) is 0 Å². The highest BCUT2D eigenvalue weighted by molar-refractivity contribution is 7.87. The van der Waals surface area contributed by atoms with Crippen LogP contribution in [0.25, 0.3) is 0 Å². The molecule has 0 aliphatic rings. The van der Waals surface area contributed by atoms with Crippen LogP contribution in [0.5, 0.6) is 0 Å². The number of rotatable bonds is 7. The van der Waals surface area contributed by atoms with Gasteiger partial charge in [-0.2, -0.15) is 17.9 Å². The van der Waals surface area contributed by atoms with E-state index in [1.165, 1.54) is 7.11 Å². The molecule has 0 amide bonds. The van der Waals surface area contributed by atoms with Crippen molar-refractivity contribution in [3.05, 3.63) is 0 Å². The van der Waals surface area contributed by atoms with Crippen molar-refractivity contribution >= 4 is 10.2 Å². The monoisotopic (exact) mass is 226 g/mol. The predicted octanol–water partition coefficient (Wildman–Crippen LogP) is -1.17. The van der Waals surface area contributed by atoms with Crippen LogP contribution in [0, 0.1) is 0 Å². The number of ether oxygens (including phenoxy) is 1. The molecule has 0 rings (SSSR count). The molecule has 0 aromatic rings. The summed E-state index contributed by atoms with van der Waals surface area (Å²) >= 11 is 0. The molecule has 6 nitrogen and oxygen atoms in total. The van der Waals surface area contributed by atoms with Crippen molar-refractivity contribution in [2.24, 2.45) is 0 Å². The number of hydrogen-bond donors (Lipinski definition) is 3. The third kappa shape index (κ3) is 6.28. The summed E-state index contributed by atoms with van der Waals surface area (Å²) in [4.78, 5) is 0. The van der Waals surface area contributed by atoms with Crippen molar-refractivity contribution < 1.29 is 18.3 Å². The lowest BCUT2D eigenvalue weighted by Gasteiger charge is -2.23. The molecule has 0 fully saturated rings. The number of methoxy groups -OCH3 is 1. The van der Waals surface area contributed by atoms with Gasteiger partial charge in [-0.3, -0.25) is 0 Å². The normalized spacial score (nSPS) is 13.1. The molecule has 7 heteroatoms. The predicted molar refractivity (Wildman–Crippen MR) is 53.1 cm³/mol. The highest BCUT2D eigenvalue weighted by atomic mass is 32.2. The summed E-state index contributed by atoms with van der Waals surface area (Å²) < 4.78 is 31.8. The number of aliphatic hydroxyl groups excluding tert-OH is 1. The fraction of sp³-hybridized carbons (Fsp3) is 1.00. The van der Waals surface area contributed by atoms with E-state index in [0.717, 1.165) is 0 Å². The number of nitrogens with one attached hydrogen (secondary N) is 2. The first-order valence-electron chi connectivity index (χ1n) is 4.21. The summed E-state index contributed by atoms with van der Waals surface area (Å²) in [5.41, 5.74) is -0.862. The molecule has 0 aliphatic carbocycles. The Morgan fingerprint density at radius 3 is 2.43 bits per heavy atom. The Kier molecular flexibility index (Phi) is 5.53. The van der Waals surface area contributed by atoms with Crippen LogP contribution < -0.4 is 9.44 Å². The van der Waals surface area contributed by atoms with Crippen LogP contribution in [-0.4, -0.2) is 45.9 Å². The van der Waals surface area contributed by atoms with Crippen molar-refractivity contribution in [3.63, 3.8) is 0 Å². The van der Waals surface area contributed by atoms with E-state index in [9.17, 15) is 8.42 Å². The van der Waals surface area contributed by atoms with Crippen LogP contribution in [0.15, 0.2) is 0 Å². The molecule has 0 saturated heterocycles. The lowest BCUT2D eigenvalue weighted by molar-refractivity contribution is 0.201. The highest BCUT2D eigenvalue weighted by Crippen LogP contribution is 2.00. The first-order chi connectivity index (χ1) is 6.33. The fourth-order valence-corrected chi connectivity index (χ4v) is 1.93. The zero-order valence-corrected chi connectivity index (χ0v) is 9.52. The van der Waals surface area contributed by atoms with E-state index >= 15 is 0 Å². The van der Waals surface area contributed by atoms with E-state index < -0.39 is 15.7 Å². The summed E-state index contributed by atoms with van der Waals surface area (Å²) in [7, 11) is -2.08. The number of aliphatic hydroxyl groups is 1. The van der Waals surface area contributed by atoms with Crippen LogP contribution in [-0.2, 0) is 14.9 Å². The molecule has 0 heterocycles. The maximum Gasteiger partial charge on any atom is 0.277 e. The van der Waals surface area contributed by atoms with E-state index in [0.29, 0.717) is 6.61 Å². The molecule has 0 radical (unpaired) electrons. The van der Waals surface area contributed by atoms with Gasteiger partial charge in [0.2, 0.25) is 0 Å². The van der Waals surface area contributed by atoms with E-state index in [2.05, 4.69) is 14.2 Å². The average molecular weight is 226 g/mol. The summed E-state index contributed by atoms with van der Waals surface area (Å²) in [6.45, 7) is 3.41. The smallest absolute Gasteiger partial charge is 0.277 e. The minimum atomic E-state index is -3.56. The second-order valence-corrected chi connectivity index (χ2v) is 5.03. The van der Waals surface area contributed by atoms with Gasteiger partial charge in [0, 0.05) is 13.7 Å². The zero-order valence-electron chi connectivity index (χ0n) is 8.70. The molecule has 0 unspecified atom stereocenters. The molecule has 0 aromatic carbocycles. The van der Waals surface area contributed by atoms with Gasteiger partial charge in [0.25, 0.3) is 10.2 Å². The summed E-state index contributed by atoms with van der Waals surface area (Å²) in [6, 6.07) is 0. The molecular formula is C7H18N2O4S. The molecule has 3 N–H and O–H groups in total. The Labute approximate surface area is 84.8 Å². The van der Waals surface area contributed by atoms with Gasteiger partial charge >= 0.3 is 0 Å². The van der Waals surface area contributed by atoms with Crippen molar-refractivity contribution in [2.75, 3.05) is 26.9 Å². The SMILES string of the molecule is COCCNS(=O)(=O)NC(C)(C)CO. The van der Waals surface area contributed by atoms with E-state index in [1.54, 1.807) is 13.8 Å². The van der Waals surface area contributed by atoms with E-state index in [1.807, 2.05) is 0 Å². The topological polar surface area (TPSA) is 87.7 Å². The maximum absolute atomic E-state index is 11.3. The van der Waals surface area contributed by atoms with Crippen molar-refractivity contribution in [2.45, 2.75) is 19.4 Å². The van der Waals surface area contributed by atoms with Crippen molar-refractivity contribution in [3.8, 4) is 0 Å². The van der Waals surface area contributed by atoms with Crippen LogP contribution >= 0.6 is 0 Å². The van der Waals surface area contributed by atoms with E-state index in [4.69, 9.17) is 5.11 Å².